The van der Waals surface area contributed by atoms with Gasteiger partial charge in [-0.25, -0.2) is 0 Å². The Kier molecular flexibility index (Phi) is 4.91. The van der Waals surface area contributed by atoms with Gasteiger partial charge in [-0.2, -0.15) is 0 Å². The minimum absolute atomic E-state index is 0.0229. The molecule has 0 saturated carbocycles. The molecule has 0 bridgehead atoms. The smallest absolute Gasteiger partial charge is 0.245 e. The van der Waals surface area contributed by atoms with Crippen LogP contribution in [0.1, 0.15) is 47.0 Å². The van der Waals surface area contributed by atoms with Crippen molar-refractivity contribution in [2.24, 2.45) is 11.3 Å². The second-order valence-electron chi connectivity index (χ2n) is 7.47. The van der Waals surface area contributed by atoms with Crippen molar-refractivity contribution in [2.45, 2.75) is 59.0 Å². The van der Waals surface area contributed by atoms with Gasteiger partial charge in [0.1, 0.15) is 6.04 Å². The molecule has 0 aromatic carbocycles. The van der Waals surface area contributed by atoms with Crippen LogP contribution in [0.25, 0.3) is 0 Å². The maximum atomic E-state index is 12.9. The van der Waals surface area contributed by atoms with Crippen LogP contribution in [0.4, 0.5) is 0 Å². The summed E-state index contributed by atoms with van der Waals surface area (Å²) in [4.78, 5) is 26.8. The van der Waals surface area contributed by atoms with Crippen LogP contribution in [0.5, 0.6) is 0 Å². The fraction of sp³-hybridized carbons (Fsp3) is 0.875. The molecule has 2 aliphatic heterocycles. The van der Waals surface area contributed by atoms with E-state index in [0.717, 1.165) is 32.6 Å². The average molecular weight is 296 g/mol. The van der Waals surface area contributed by atoms with Gasteiger partial charge < -0.3 is 15.0 Å². The summed E-state index contributed by atoms with van der Waals surface area (Å²) in [5.74, 6) is 0.525. The topological polar surface area (TPSA) is 58.6 Å². The fourth-order valence-corrected chi connectivity index (χ4v) is 3.11. The summed E-state index contributed by atoms with van der Waals surface area (Å²) in [7, 11) is 0. The normalized spacial score (nSPS) is 29.2. The molecule has 2 amide bonds. The van der Waals surface area contributed by atoms with E-state index in [4.69, 9.17) is 4.74 Å². The number of nitrogens with one attached hydrogen (secondary N) is 1. The molecule has 2 fully saturated rings. The van der Waals surface area contributed by atoms with Gasteiger partial charge in [0, 0.05) is 32.2 Å². The van der Waals surface area contributed by atoms with E-state index in [1.54, 1.807) is 0 Å². The van der Waals surface area contributed by atoms with Crippen LogP contribution in [-0.4, -0.2) is 48.6 Å². The van der Waals surface area contributed by atoms with Crippen molar-refractivity contribution >= 4 is 11.8 Å². The fourth-order valence-electron chi connectivity index (χ4n) is 3.11. The van der Waals surface area contributed by atoms with E-state index in [2.05, 4.69) is 5.32 Å². The first-order valence-corrected chi connectivity index (χ1v) is 7.96. The number of hydrogen-bond acceptors (Lipinski definition) is 3. The highest BCUT2D eigenvalue weighted by Gasteiger charge is 2.40. The summed E-state index contributed by atoms with van der Waals surface area (Å²) in [6.45, 7) is 10.3. The third-order valence-electron chi connectivity index (χ3n) is 4.51. The summed E-state index contributed by atoms with van der Waals surface area (Å²) in [6, 6.07) is -0.470. The second kappa shape index (κ2) is 6.34. The monoisotopic (exact) mass is 296 g/mol. The van der Waals surface area contributed by atoms with Crippen molar-refractivity contribution in [3.8, 4) is 0 Å². The molecule has 0 aliphatic carbocycles. The molecule has 2 saturated heterocycles. The number of hydrogen-bond donors (Lipinski definition) is 1. The van der Waals surface area contributed by atoms with Gasteiger partial charge in [-0.05, 0) is 31.1 Å². The minimum atomic E-state index is -0.435. The molecule has 0 aromatic heterocycles. The first kappa shape index (κ1) is 16.3. The molecule has 2 rings (SSSR count). The summed E-state index contributed by atoms with van der Waals surface area (Å²) >= 11 is 0. The minimum Gasteiger partial charge on any atom is -0.381 e. The molecule has 0 spiro atoms. The number of nitrogens with zero attached hydrogens (tertiary/aromatic N) is 1. The Morgan fingerprint density at radius 3 is 2.43 bits per heavy atom. The lowest BCUT2D eigenvalue weighted by Crippen LogP contribution is -2.53. The van der Waals surface area contributed by atoms with Crippen LogP contribution in [0.2, 0.25) is 0 Å². The zero-order chi connectivity index (χ0) is 15.6. The molecule has 0 aromatic rings. The lowest BCUT2D eigenvalue weighted by molar-refractivity contribution is -0.138. The van der Waals surface area contributed by atoms with Crippen LogP contribution < -0.4 is 5.32 Å². The molecule has 5 nitrogen and oxygen atoms in total. The highest BCUT2D eigenvalue weighted by Crippen LogP contribution is 2.26. The lowest BCUT2D eigenvalue weighted by Gasteiger charge is -2.36. The van der Waals surface area contributed by atoms with Gasteiger partial charge in [-0.3, -0.25) is 9.59 Å². The predicted molar refractivity (Wildman–Crippen MR) is 80.7 cm³/mol. The quantitative estimate of drug-likeness (QED) is 0.841. The Morgan fingerprint density at radius 1 is 1.24 bits per heavy atom. The van der Waals surface area contributed by atoms with Gasteiger partial charge in [-0.15, -0.1) is 0 Å². The molecule has 2 heterocycles. The molecular formula is C16H28N2O3. The first-order valence-electron chi connectivity index (χ1n) is 7.96. The molecule has 0 radical (unpaired) electrons. The molecule has 1 N–H and O–H groups in total. The highest BCUT2D eigenvalue weighted by molar-refractivity contribution is 5.91. The maximum absolute atomic E-state index is 12.9. The van der Waals surface area contributed by atoms with E-state index in [-0.39, 0.29) is 23.3 Å². The number of carbonyl (C=O) groups excluding carboxylic acids is 2. The van der Waals surface area contributed by atoms with Gasteiger partial charge in [0.05, 0.1) is 0 Å². The Hall–Kier alpha value is -1.10. The van der Waals surface area contributed by atoms with Crippen LogP contribution in [-0.2, 0) is 14.3 Å². The number of rotatable bonds is 2. The largest absolute Gasteiger partial charge is 0.381 e. The van der Waals surface area contributed by atoms with Crippen molar-refractivity contribution in [2.75, 3.05) is 19.8 Å². The van der Waals surface area contributed by atoms with Crippen LogP contribution in [0.3, 0.4) is 0 Å². The van der Waals surface area contributed by atoms with Crippen molar-refractivity contribution in [3.63, 3.8) is 0 Å². The summed E-state index contributed by atoms with van der Waals surface area (Å²) < 4.78 is 5.39. The van der Waals surface area contributed by atoms with Gasteiger partial charge in [0.2, 0.25) is 11.8 Å². The zero-order valence-corrected chi connectivity index (χ0v) is 13.6. The Balaban J connectivity index is 2.15. The summed E-state index contributed by atoms with van der Waals surface area (Å²) in [5.41, 5.74) is -0.273. The van der Waals surface area contributed by atoms with Gasteiger partial charge in [-0.1, -0.05) is 20.8 Å². The zero-order valence-electron chi connectivity index (χ0n) is 13.6. The Morgan fingerprint density at radius 2 is 1.86 bits per heavy atom. The summed E-state index contributed by atoms with van der Waals surface area (Å²) in [6.07, 6.45) is 2.39. The van der Waals surface area contributed by atoms with Gasteiger partial charge >= 0.3 is 0 Å². The van der Waals surface area contributed by atoms with Crippen molar-refractivity contribution in [3.05, 3.63) is 0 Å². The first-order chi connectivity index (χ1) is 9.79. The number of amides is 2. The van der Waals surface area contributed by atoms with E-state index in [1.807, 2.05) is 32.6 Å². The molecule has 120 valence electrons. The van der Waals surface area contributed by atoms with Gasteiger partial charge in [0.25, 0.3) is 0 Å². The van der Waals surface area contributed by atoms with E-state index in [9.17, 15) is 9.59 Å². The average Bonchev–Trinajstić information content (AvgIpc) is 2.50. The molecule has 21 heavy (non-hydrogen) atoms. The highest BCUT2D eigenvalue weighted by atomic mass is 16.5. The van der Waals surface area contributed by atoms with E-state index >= 15 is 0 Å². The third-order valence-corrected chi connectivity index (χ3v) is 4.51. The van der Waals surface area contributed by atoms with E-state index in [0.29, 0.717) is 12.3 Å². The van der Waals surface area contributed by atoms with Crippen molar-refractivity contribution in [1.82, 2.24) is 10.2 Å². The van der Waals surface area contributed by atoms with Crippen molar-refractivity contribution < 1.29 is 14.3 Å². The second-order valence-corrected chi connectivity index (χ2v) is 7.47. The third kappa shape index (κ3) is 3.96. The lowest BCUT2D eigenvalue weighted by atomic mass is 9.85. The van der Waals surface area contributed by atoms with Crippen LogP contribution >= 0.6 is 0 Å². The van der Waals surface area contributed by atoms with Gasteiger partial charge in [0.15, 0.2) is 0 Å². The SMILES string of the molecule is CC1CC(=O)NC(C(C)(C)C)C(=O)N1CC1CCOCC1. The van der Waals surface area contributed by atoms with Crippen molar-refractivity contribution in [1.29, 1.82) is 0 Å². The molecule has 2 unspecified atom stereocenters. The Labute approximate surface area is 127 Å². The standard InChI is InChI=1S/C16H28N2O3/c1-11-9-13(19)17-14(16(2,3)4)15(20)18(11)10-12-5-7-21-8-6-12/h11-12,14H,5-10H2,1-4H3,(H,17,19). The molecular weight excluding hydrogens is 268 g/mol. The molecule has 2 aliphatic rings. The predicted octanol–water partition coefficient (Wildman–Crippen LogP) is 1.56. The Bertz CT molecular complexity index is 397. The molecule has 2 atom stereocenters. The molecule has 5 heteroatoms. The number of carbonyl (C=O) groups is 2. The van der Waals surface area contributed by atoms with E-state index < -0.39 is 6.04 Å². The van der Waals surface area contributed by atoms with E-state index in [1.165, 1.54) is 0 Å². The summed E-state index contributed by atoms with van der Waals surface area (Å²) in [5, 5.41) is 2.91. The van der Waals surface area contributed by atoms with Crippen LogP contribution in [0, 0.1) is 11.3 Å². The maximum Gasteiger partial charge on any atom is 0.245 e. The van der Waals surface area contributed by atoms with Crippen LogP contribution in [0.15, 0.2) is 0 Å². The number of ether oxygens (including phenoxy) is 1.